The van der Waals surface area contributed by atoms with Crippen molar-refractivity contribution in [2.24, 2.45) is 7.05 Å². The van der Waals surface area contributed by atoms with Crippen LogP contribution in [0.1, 0.15) is 19.4 Å². The highest BCUT2D eigenvalue weighted by Gasteiger charge is 1.99. The van der Waals surface area contributed by atoms with Gasteiger partial charge in [-0.15, -0.1) is 0 Å². The van der Waals surface area contributed by atoms with Crippen LogP contribution in [0.15, 0.2) is 29.5 Å². The molecule has 0 spiro atoms. The molecule has 2 rings (SSSR count). The molecule has 0 amide bonds. The third-order valence-electron chi connectivity index (χ3n) is 1.98. The van der Waals surface area contributed by atoms with E-state index in [0.717, 1.165) is 11.1 Å². The molecule has 0 fully saturated rings. The summed E-state index contributed by atoms with van der Waals surface area (Å²) in [5, 5.41) is 0. The van der Waals surface area contributed by atoms with E-state index in [1.54, 1.807) is 17.8 Å². The van der Waals surface area contributed by atoms with Crippen LogP contribution < -0.4 is 5.56 Å². The van der Waals surface area contributed by atoms with E-state index in [9.17, 15) is 4.79 Å². The van der Waals surface area contributed by atoms with Crippen molar-refractivity contribution in [3.63, 3.8) is 0 Å². The maximum absolute atomic E-state index is 11.5. The van der Waals surface area contributed by atoms with Gasteiger partial charge in [-0.2, -0.15) is 0 Å². The predicted octanol–water partition coefficient (Wildman–Crippen LogP) is 1.97. The Morgan fingerprint density at radius 3 is 2.50 bits per heavy atom. The van der Waals surface area contributed by atoms with Crippen molar-refractivity contribution in [3.05, 3.63) is 40.6 Å². The van der Waals surface area contributed by atoms with Gasteiger partial charge in [0.05, 0.1) is 0 Å². The summed E-state index contributed by atoms with van der Waals surface area (Å²) < 4.78 is 3.42. The Bertz CT molecular complexity index is 479. The fraction of sp³-hybridized carbons (Fsp3) is 0.364. The van der Waals surface area contributed by atoms with Crippen molar-refractivity contribution in [2.45, 2.75) is 20.8 Å². The molecule has 0 atom stereocenters. The SMILES string of the molecule is CC.Cc1cc2c(=O)n(C)ccn2c1. The Kier molecular flexibility index (Phi) is 3.12. The van der Waals surface area contributed by atoms with E-state index < -0.39 is 0 Å². The molecule has 2 aromatic heterocycles. The summed E-state index contributed by atoms with van der Waals surface area (Å²) in [6.07, 6.45) is 5.58. The standard InChI is InChI=1S/C9H10N2O.C2H6/c1-7-5-8-9(12)10(2)3-4-11(8)6-7;1-2/h3-6H,1-2H3;1-2H3. The van der Waals surface area contributed by atoms with Crippen LogP contribution in [0.2, 0.25) is 0 Å². The zero-order valence-electron chi connectivity index (χ0n) is 9.11. The van der Waals surface area contributed by atoms with Crippen LogP contribution >= 0.6 is 0 Å². The average Bonchev–Trinajstić information content (AvgIpc) is 2.57. The van der Waals surface area contributed by atoms with Gasteiger partial charge in [0, 0.05) is 25.6 Å². The number of fused-ring (bicyclic) bond motifs is 1. The molecule has 0 saturated carbocycles. The maximum atomic E-state index is 11.5. The average molecular weight is 192 g/mol. The van der Waals surface area contributed by atoms with Crippen LogP contribution in [0.4, 0.5) is 0 Å². The number of rotatable bonds is 0. The molecular formula is C11H16N2O. The predicted molar refractivity (Wildman–Crippen MR) is 58.7 cm³/mol. The van der Waals surface area contributed by atoms with Gasteiger partial charge in [-0.3, -0.25) is 4.79 Å². The summed E-state index contributed by atoms with van der Waals surface area (Å²) in [6.45, 7) is 5.98. The van der Waals surface area contributed by atoms with Crippen molar-refractivity contribution in [3.8, 4) is 0 Å². The van der Waals surface area contributed by atoms with Gasteiger partial charge in [0.25, 0.3) is 5.56 Å². The quantitative estimate of drug-likeness (QED) is 0.626. The lowest BCUT2D eigenvalue weighted by molar-refractivity contribution is 0.846. The van der Waals surface area contributed by atoms with Crippen molar-refractivity contribution < 1.29 is 0 Å². The summed E-state index contributed by atoms with van der Waals surface area (Å²) in [6, 6.07) is 1.89. The fourth-order valence-corrected chi connectivity index (χ4v) is 1.33. The van der Waals surface area contributed by atoms with E-state index in [4.69, 9.17) is 0 Å². The molecule has 0 unspecified atom stereocenters. The summed E-state index contributed by atoms with van der Waals surface area (Å²) in [5.74, 6) is 0. The van der Waals surface area contributed by atoms with Crippen LogP contribution in [0.25, 0.3) is 5.52 Å². The van der Waals surface area contributed by atoms with Crippen molar-refractivity contribution in [1.82, 2.24) is 8.97 Å². The van der Waals surface area contributed by atoms with Gasteiger partial charge in [-0.1, -0.05) is 13.8 Å². The van der Waals surface area contributed by atoms with Crippen LogP contribution in [0, 0.1) is 6.92 Å². The van der Waals surface area contributed by atoms with Crippen LogP contribution in [-0.4, -0.2) is 8.97 Å². The van der Waals surface area contributed by atoms with E-state index in [-0.39, 0.29) is 5.56 Å². The first kappa shape index (κ1) is 10.6. The summed E-state index contributed by atoms with van der Waals surface area (Å²) in [5.41, 5.74) is 1.89. The Morgan fingerprint density at radius 2 is 1.86 bits per heavy atom. The molecule has 2 aromatic rings. The molecule has 14 heavy (non-hydrogen) atoms. The van der Waals surface area contributed by atoms with Gasteiger partial charge in [0.15, 0.2) is 0 Å². The van der Waals surface area contributed by atoms with Gasteiger partial charge in [0.1, 0.15) is 5.52 Å². The minimum atomic E-state index is 0.0469. The minimum absolute atomic E-state index is 0.0469. The molecule has 3 heteroatoms. The first-order valence-electron chi connectivity index (χ1n) is 4.82. The topological polar surface area (TPSA) is 26.4 Å². The molecule has 0 radical (unpaired) electrons. The highest BCUT2D eigenvalue weighted by Crippen LogP contribution is 2.03. The third-order valence-corrected chi connectivity index (χ3v) is 1.98. The Balaban J connectivity index is 0.000000461. The fourth-order valence-electron chi connectivity index (χ4n) is 1.33. The second-order valence-electron chi connectivity index (χ2n) is 3.02. The van der Waals surface area contributed by atoms with Crippen LogP contribution in [0.3, 0.4) is 0 Å². The normalized spacial score (nSPS) is 9.71. The van der Waals surface area contributed by atoms with E-state index in [1.165, 1.54) is 0 Å². The van der Waals surface area contributed by atoms with E-state index in [1.807, 2.05) is 43.6 Å². The van der Waals surface area contributed by atoms with Crippen molar-refractivity contribution >= 4 is 5.52 Å². The van der Waals surface area contributed by atoms with Gasteiger partial charge >= 0.3 is 0 Å². The van der Waals surface area contributed by atoms with Crippen molar-refractivity contribution in [2.75, 3.05) is 0 Å². The lowest BCUT2D eigenvalue weighted by Crippen LogP contribution is -2.17. The highest BCUT2D eigenvalue weighted by molar-refractivity contribution is 5.47. The lowest BCUT2D eigenvalue weighted by atomic mass is 10.4. The van der Waals surface area contributed by atoms with Gasteiger partial charge < -0.3 is 8.97 Å². The smallest absolute Gasteiger partial charge is 0.274 e. The Labute approximate surface area is 83.6 Å². The van der Waals surface area contributed by atoms with Gasteiger partial charge in [0.2, 0.25) is 0 Å². The zero-order chi connectivity index (χ0) is 10.7. The lowest BCUT2D eigenvalue weighted by Gasteiger charge is -1.96. The van der Waals surface area contributed by atoms with E-state index in [0.29, 0.717) is 0 Å². The molecule has 76 valence electrons. The zero-order valence-corrected chi connectivity index (χ0v) is 9.11. The van der Waals surface area contributed by atoms with Gasteiger partial charge in [-0.25, -0.2) is 0 Å². The molecule has 0 N–H and O–H groups in total. The third kappa shape index (κ3) is 1.71. The highest BCUT2D eigenvalue weighted by atomic mass is 16.1. The number of aryl methyl sites for hydroxylation is 2. The van der Waals surface area contributed by atoms with Crippen LogP contribution in [-0.2, 0) is 7.05 Å². The number of aromatic nitrogens is 2. The minimum Gasteiger partial charge on any atom is -0.317 e. The molecular weight excluding hydrogens is 176 g/mol. The van der Waals surface area contributed by atoms with Crippen LogP contribution in [0.5, 0.6) is 0 Å². The first-order chi connectivity index (χ1) is 6.68. The summed E-state index contributed by atoms with van der Waals surface area (Å²) in [4.78, 5) is 11.5. The van der Waals surface area contributed by atoms with E-state index >= 15 is 0 Å². The summed E-state index contributed by atoms with van der Waals surface area (Å²) in [7, 11) is 1.75. The molecule has 0 aliphatic carbocycles. The second-order valence-corrected chi connectivity index (χ2v) is 3.02. The first-order valence-corrected chi connectivity index (χ1v) is 4.82. The molecule has 0 aromatic carbocycles. The monoisotopic (exact) mass is 192 g/mol. The van der Waals surface area contributed by atoms with Crippen molar-refractivity contribution in [1.29, 1.82) is 0 Å². The molecule has 0 aliphatic rings. The van der Waals surface area contributed by atoms with E-state index in [2.05, 4.69) is 0 Å². The molecule has 3 nitrogen and oxygen atoms in total. The summed E-state index contributed by atoms with van der Waals surface area (Å²) >= 11 is 0. The number of hydrogen-bond acceptors (Lipinski definition) is 1. The Morgan fingerprint density at radius 1 is 1.21 bits per heavy atom. The molecule has 0 aliphatic heterocycles. The Hall–Kier alpha value is -1.51. The second kappa shape index (κ2) is 4.13. The maximum Gasteiger partial charge on any atom is 0.274 e. The number of hydrogen-bond donors (Lipinski definition) is 0. The molecule has 2 heterocycles. The van der Waals surface area contributed by atoms with Gasteiger partial charge in [-0.05, 0) is 18.6 Å². The largest absolute Gasteiger partial charge is 0.317 e. The molecule has 0 bridgehead atoms. The molecule has 0 saturated heterocycles. The number of nitrogens with zero attached hydrogens (tertiary/aromatic N) is 2.